The average molecular weight is 285 g/mol. The first kappa shape index (κ1) is 12.9. The minimum atomic E-state index is -0.0395. The summed E-state index contributed by atoms with van der Waals surface area (Å²) < 4.78 is 0. The van der Waals surface area contributed by atoms with Crippen molar-refractivity contribution in [3.05, 3.63) is 56.2 Å². The topological polar surface area (TPSA) is 0 Å². The fraction of sp³-hybridized carbons (Fsp3) is 0.286. The maximum Gasteiger partial charge on any atom is 0.0733 e. The molecule has 0 saturated heterocycles. The molecular formula is C14H14Cl2S. The van der Waals surface area contributed by atoms with Gasteiger partial charge in [0, 0.05) is 4.88 Å². The van der Waals surface area contributed by atoms with Gasteiger partial charge in [0.15, 0.2) is 0 Å². The Morgan fingerprint density at radius 1 is 1.18 bits per heavy atom. The van der Waals surface area contributed by atoms with Crippen molar-refractivity contribution in [3.63, 3.8) is 0 Å². The predicted octanol–water partition coefficient (Wildman–Crippen LogP) is 5.54. The van der Waals surface area contributed by atoms with E-state index in [4.69, 9.17) is 23.2 Å². The van der Waals surface area contributed by atoms with Crippen LogP contribution >= 0.6 is 34.5 Å². The lowest BCUT2D eigenvalue weighted by molar-refractivity contribution is 0.929. The van der Waals surface area contributed by atoms with Crippen LogP contribution in [-0.2, 0) is 6.42 Å². The summed E-state index contributed by atoms with van der Waals surface area (Å²) in [7, 11) is 0. The fourth-order valence-electron chi connectivity index (χ4n) is 1.79. The average Bonchev–Trinajstić information content (AvgIpc) is 2.63. The molecule has 0 bridgehead atoms. The fourth-order valence-corrected chi connectivity index (χ4v) is 3.57. The largest absolute Gasteiger partial charge is 0.145 e. The van der Waals surface area contributed by atoms with Gasteiger partial charge in [0.2, 0.25) is 0 Å². The van der Waals surface area contributed by atoms with Crippen LogP contribution in [0, 0.1) is 13.8 Å². The monoisotopic (exact) mass is 284 g/mol. The van der Waals surface area contributed by atoms with E-state index in [9.17, 15) is 0 Å². The molecule has 0 aliphatic carbocycles. The van der Waals surface area contributed by atoms with E-state index in [0.29, 0.717) is 0 Å². The molecule has 90 valence electrons. The van der Waals surface area contributed by atoms with Gasteiger partial charge in [-0.2, -0.15) is 0 Å². The van der Waals surface area contributed by atoms with Gasteiger partial charge in [-0.05, 0) is 42.3 Å². The van der Waals surface area contributed by atoms with Crippen molar-refractivity contribution in [2.75, 3.05) is 0 Å². The van der Waals surface area contributed by atoms with Crippen LogP contribution in [0.25, 0.3) is 0 Å². The normalized spacial score (nSPS) is 12.7. The van der Waals surface area contributed by atoms with Crippen LogP contribution in [0.15, 0.2) is 29.6 Å². The summed E-state index contributed by atoms with van der Waals surface area (Å²) in [5.74, 6) is 0. The number of benzene rings is 1. The van der Waals surface area contributed by atoms with Gasteiger partial charge < -0.3 is 0 Å². The van der Waals surface area contributed by atoms with Crippen molar-refractivity contribution in [3.8, 4) is 0 Å². The number of thiophene rings is 1. The Bertz CT molecular complexity index is 517. The molecule has 0 aliphatic heterocycles. The Kier molecular flexibility index (Phi) is 4.13. The van der Waals surface area contributed by atoms with Gasteiger partial charge in [-0.1, -0.05) is 35.9 Å². The minimum Gasteiger partial charge on any atom is -0.145 e. The number of hydrogen-bond acceptors (Lipinski definition) is 1. The summed E-state index contributed by atoms with van der Waals surface area (Å²) in [6, 6.07) is 8.33. The second-order valence-corrected chi connectivity index (χ2v) is 6.01. The number of aryl methyl sites for hydroxylation is 2. The highest BCUT2D eigenvalue weighted by molar-refractivity contribution is 7.11. The van der Waals surface area contributed by atoms with Crippen LogP contribution in [0.4, 0.5) is 0 Å². The van der Waals surface area contributed by atoms with Gasteiger partial charge in [0.25, 0.3) is 0 Å². The Labute approximate surface area is 116 Å². The van der Waals surface area contributed by atoms with E-state index >= 15 is 0 Å². The molecule has 0 nitrogen and oxygen atoms in total. The highest BCUT2D eigenvalue weighted by atomic mass is 35.5. The van der Waals surface area contributed by atoms with Gasteiger partial charge in [-0.25, -0.2) is 0 Å². The van der Waals surface area contributed by atoms with E-state index in [1.54, 1.807) is 11.3 Å². The SMILES string of the molecule is Cc1ccccc1CC(Cl)c1scc(C)c1Cl. The van der Waals surface area contributed by atoms with Gasteiger partial charge in [-0.15, -0.1) is 22.9 Å². The van der Waals surface area contributed by atoms with E-state index < -0.39 is 0 Å². The second-order valence-electron chi connectivity index (χ2n) is 4.20. The number of rotatable bonds is 3. The van der Waals surface area contributed by atoms with E-state index in [-0.39, 0.29) is 5.38 Å². The molecule has 1 atom stereocenters. The molecule has 0 aliphatic rings. The molecular weight excluding hydrogens is 271 g/mol. The van der Waals surface area contributed by atoms with Crippen molar-refractivity contribution in [2.45, 2.75) is 25.6 Å². The number of hydrogen-bond donors (Lipinski definition) is 0. The van der Waals surface area contributed by atoms with Gasteiger partial charge in [-0.3, -0.25) is 0 Å². The van der Waals surface area contributed by atoms with Crippen LogP contribution in [-0.4, -0.2) is 0 Å². The van der Waals surface area contributed by atoms with Crippen LogP contribution in [0.2, 0.25) is 5.02 Å². The zero-order chi connectivity index (χ0) is 12.4. The van der Waals surface area contributed by atoms with Crippen LogP contribution in [0.5, 0.6) is 0 Å². The molecule has 2 aromatic rings. The first-order valence-corrected chi connectivity index (χ1v) is 7.21. The molecule has 0 N–H and O–H groups in total. The van der Waals surface area contributed by atoms with Gasteiger partial charge >= 0.3 is 0 Å². The molecule has 3 heteroatoms. The molecule has 1 aromatic carbocycles. The van der Waals surface area contributed by atoms with Gasteiger partial charge in [0.05, 0.1) is 10.4 Å². The highest BCUT2D eigenvalue weighted by Crippen LogP contribution is 2.37. The molecule has 0 saturated carbocycles. The summed E-state index contributed by atoms with van der Waals surface area (Å²) in [6.45, 7) is 4.12. The van der Waals surface area contributed by atoms with Gasteiger partial charge in [0.1, 0.15) is 0 Å². The van der Waals surface area contributed by atoms with E-state index in [0.717, 1.165) is 21.9 Å². The Hall–Kier alpha value is -0.500. The predicted molar refractivity (Wildman–Crippen MR) is 77.5 cm³/mol. The molecule has 1 aromatic heterocycles. The first-order valence-electron chi connectivity index (χ1n) is 5.51. The van der Waals surface area contributed by atoms with Crippen LogP contribution in [0.3, 0.4) is 0 Å². The summed E-state index contributed by atoms with van der Waals surface area (Å²) in [5, 5.41) is 2.84. The molecule has 0 amide bonds. The number of alkyl halides is 1. The third-order valence-electron chi connectivity index (χ3n) is 2.87. The summed E-state index contributed by atoms with van der Waals surface area (Å²) in [6.07, 6.45) is 0.827. The lowest BCUT2D eigenvalue weighted by Gasteiger charge is -2.10. The molecule has 0 fully saturated rings. The van der Waals surface area contributed by atoms with E-state index in [1.807, 2.05) is 19.1 Å². The smallest absolute Gasteiger partial charge is 0.0733 e. The summed E-state index contributed by atoms with van der Waals surface area (Å²) in [5.41, 5.74) is 3.68. The summed E-state index contributed by atoms with van der Waals surface area (Å²) in [4.78, 5) is 1.08. The standard InChI is InChI=1S/C14H14Cl2S/c1-9-5-3-4-6-11(9)7-12(15)14-13(16)10(2)8-17-14/h3-6,8,12H,7H2,1-2H3. The van der Waals surface area contributed by atoms with Crippen LogP contribution < -0.4 is 0 Å². The van der Waals surface area contributed by atoms with E-state index in [1.165, 1.54) is 11.1 Å². The Morgan fingerprint density at radius 2 is 1.88 bits per heavy atom. The van der Waals surface area contributed by atoms with Crippen molar-refractivity contribution in [1.82, 2.24) is 0 Å². The minimum absolute atomic E-state index is 0.0395. The van der Waals surface area contributed by atoms with Crippen molar-refractivity contribution in [2.24, 2.45) is 0 Å². The molecule has 0 radical (unpaired) electrons. The maximum atomic E-state index is 6.46. The maximum absolute atomic E-state index is 6.46. The third-order valence-corrected chi connectivity index (χ3v) is 5.20. The second kappa shape index (κ2) is 5.43. The van der Waals surface area contributed by atoms with Crippen LogP contribution in [0.1, 0.15) is 26.9 Å². The molecule has 2 rings (SSSR count). The molecule has 17 heavy (non-hydrogen) atoms. The third kappa shape index (κ3) is 2.85. The zero-order valence-corrected chi connectivity index (χ0v) is 12.2. The molecule has 0 spiro atoms. The quantitative estimate of drug-likeness (QED) is 0.649. The first-order chi connectivity index (χ1) is 8.09. The van der Waals surface area contributed by atoms with Crippen molar-refractivity contribution < 1.29 is 0 Å². The van der Waals surface area contributed by atoms with E-state index in [2.05, 4.69) is 24.4 Å². The lowest BCUT2D eigenvalue weighted by Crippen LogP contribution is -1.96. The Balaban J connectivity index is 2.20. The molecule has 1 heterocycles. The lowest BCUT2D eigenvalue weighted by atomic mass is 10.0. The highest BCUT2D eigenvalue weighted by Gasteiger charge is 2.16. The van der Waals surface area contributed by atoms with Crippen molar-refractivity contribution in [1.29, 1.82) is 0 Å². The molecule has 1 unspecified atom stereocenters. The zero-order valence-electron chi connectivity index (χ0n) is 9.84. The number of halogens is 2. The van der Waals surface area contributed by atoms with Crippen molar-refractivity contribution >= 4 is 34.5 Å². The Morgan fingerprint density at radius 3 is 2.47 bits per heavy atom. The summed E-state index contributed by atoms with van der Waals surface area (Å²) >= 11 is 14.3.